The molecular formula is C38H59NO20. The highest BCUT2D eigenvalue weighted by Crippen LogP contribution is 2.46. The van der Waals surface area contributed by atoms with E-state index in [2.05, 4.69) is 0 Å². The number of fused-ring (bicyclic) bond motifs is 6. The van der Waals surface area contributed by atoms with Crippen LogP contribution in [0.25, 0.3) is 0 Å². The molecule has 12 atom stereocenters. The number of rotatable bonds is 13. The number of carbonyl (C=O) groups is 4. The van der Waals surface area contributed by atoms with E-state index >= 15 is 0 Å². The summed E-state index contributed by atoms with van der Waals surface area (Å²) < 4.78 is 87.5. The van der Waals surface area contributed by atoms with Gasteiger partial charge in [-0.2, -0.15) is 0 Å². The van der Waals surface area contributed by atoms with Crippen LogP contribution < -0.4 is 0 Å². The van der Waals surface area contributed by atoms with E-state index in [-0.39, 0.29) is 13.2 Å². The molecule has 0 bridgehead atoms. The molecule has 21 heteroatoms. The Morgan fingerprint density at radius 2 is 0.881 bits per heavy atom. The lowest BCUT2D eigenvalue weighted by atomic mass is 9.93. The first-order chi connectivity index (χ1) is 27.2. The maximum absolute atomic E-state index is 13.7. The monoisotopic (exact) mass is 849 g/mol. The molecule has 6 aliphatic rings. The van der Waals surface area contributed by atoms with Crippen molar-refractivity contribution in [2.75, 3.05) is 53.7 Å². The Morgan fingerprint density at radius 3 is 1.31 bits per heavy atom. The number of carbonyl (C=O) groups excluding carboxylic acids is 4. The van der Waals surface area contributed by atoms with Crippen LogP contribution in [0.3, 0.4) is 0 Å². The summed E-state index contributed by atoms with van der Waals surface area (Å²) in [4.78, 5) is 53.5. The molecule has 336 valence electrons. The molecule has 0 aromatic carbocycles. The second kappa shape index (κ2) is 16.4. The van der Waals surface area contributed by atoms with Gasteiger partial charge in [0, 0.05) is 14.1 Å². The molecule has 21 nitrogen and oxygen atoms in total. The van der Waals surface area contributed by atoms with Gasteiger partial charge in [-0.1, -0.05) is 0 Å². The highest BCUT2D eigenvalue weighted by Gasteiger charge is 2.62. The third-order valence-corrected chi connectivity index (χ3v) is 10.5. The largest absolute Gasteiger partial charge is 0.508 e. The van der Waals surface area contributed by atoms with Crippen molar-refractivity contribution >= 4 is 24.2 Å². The van der Waals surface area contributed by atoms with Gasteiger partial charge in [-0.15, -0.1) is 0 Å². The van der Waals surface area contributed by atoms with Crippen molar-refractivity contribution in [2.24, 2.45) is 10.8 Å². The Hall–Kier alpha value is -2.96. The molecule has 0 aliphatic carbocycles. The van der Waals surface area contributed by atoms with Gasteiger partial charge in [0.25, 0.3) is 0 Å². The summed E-state index contributed by atoms with van der Waals surface area (Å²) in [6.45, 7) is 13.2. The summed E-state index contributed by atoms with van der Waals surface area (Å²) >= 11 is 0. The van der Waals surface area contributed by atoms with Gasteiger partial charge >= 0.3 is 24.2 Å². The fourth-order valence-electron chi connectivity index (χ4n) is 7.48. The maximum atomic E-state index is 13.7. The minimum absolute atomic E-state index is 0.317. The number of esters is 2. The van der Waals surface area contributed by atoms with E-state index in [9.17, 15) is 24.3 Å². The Bertz CT molecular complexity index is 1590. The number of hydrogen-bond acceptors (Lipinski definition) is 20. The smallest absolute Gasteiger partial charge is 0.462 e. The van der Waals surface area contributed by atoms with Gasteiger partial charge in [0.1, 0.15) is 92.7 Å². The normalized spacial score (nSPS) is 36.4. The van der Waals surface area contributed by atoms with Crippen LogP contribution in [-0.4, -0.2) is 172 Å². The first kappa shape index (κ1) is 45.6. The predicted octanol–water partition coefficient (Wildman–Crippen LogP) is 1.72. The molecule has 6 fully saturated rings. The van der Waals surface area contributed by atoms with Gasteiger partial charge in [0.05, 0.1) is 6.61 Å². The van der Waals surface area contributed by atoms with Crippen molar-refractivity contribution in [1.29, 1.82) is 0 Å². The topological polar surface area (TPSA) is 230 Å². The van der Waals surface area contributed by atoms with Gasteiger partial charge in [-0.05, 0) is 69.2 Å². The Labute approximate surface area is 342 Å². The van der Waals surface area contributed by atoms with Crippen LogP contribution in [0.15, 0.2) is 0 Å². The van der Waals surface area contributed by atoms with Gasteiger partial charge in [0.2, 0.25) is 0 Å². The fraction of sp³-hybridized carbons (Fsp3) is 0.895. The maximum Gasteiger partial charge on any atom is 0.508 e. The van der Waals surface area contributed by atoms with E-state index < -0.39 is 146 Å². The van der Waals surface area contributed by atoms with Crippen LogP contribution >= 0.6 is 0 Å². The standard InChI is InChI=1S/C38H59NO20/c1-33(2)52-21-19(50-27-25(23(21)54-33)56-35(5,6)58-27)13-45-29(41)37(9,15-40)16-48-32(44)49-18-38(10,17-47-31(43)39(11)12)30(42)46-14-20-22-24(55-34(3,4)53-22)26-28(51-20)59-36(7,8)57-26/h19-28,40H,13-18H2,1-12H3. The average molecular weight is 850 g/mol. The fourth-order valence-corrected chi connectivity index (χ4v) is 7.48. The molecular weight excluding hydrogens is 790 g/mol. The van der Waals surface area contributed by atoms with Crippen molar-refractivity contribution in [3.63, 3.8) is 0 Å². The molecule has 6 aliphatic heterocycles. The summed E-state index contributed by atoms with van der Waals surface area (Å²) in [5, 5.41) is 10.2. The zero-order chi connectivity index (χ0) is 43.5. The van der Waals surface area contributed by atoms with E-state index in [1.807, 2.05) is 0 Å². The molecule has 0 saturated carbocycles. The molecule has 6 heterocycles. The van der Waals surface area contributed by atoms with Crippen LogP contribution in [0.4, 0.5) is 9.59 Å². The molecule has 59 heavy (non-hydrogen) atoms. The minimum atomic E-state index is -1.76. The second-order valence-electron chi connectivity index (χ2n) is 18.2. The number of aliphatic hydroxyl groups excluding tert-OH is 1. The molecule has 6 rings (SSSR count). The number of aliphatic hydroxyl groups is 1. The van der Waals surface area contributed by atoms with E-state index in [0.29, 0.717) is 0 Å². The Morgan fingerprint density at radius 1 is 0.525 bits per heavy atom. The zero-order valence-electron chi connectivity index (χ0n) is 35.7. The molecule has 1 amide bonds. The SMILES string of the molecule is CN(C)C(=O)OCC(C)(COC(=O)OCC(C)(CO)C(=O)OCC1OC2OC(C)(C)OC2C2OC(C)(C)OC12)C(=O)OCC1OC2OC(C)(C)OC2C2OC(C)(C)OC12. The van der Waals surface area contributed by atoms with E-state index in [1.165, 1.54) is 27.9 Å². The lowest BCUT2D eigenvalue weighted by molar-refractivity contribution is -0.243. The Kier molecular flexibility index (Phi) is 12.7. The summed E-state index contributed by atoms with van der Waals surface area (Å²) in [5.41, 5.74) is -3.51. The quantitative estimate of drug-likeness (QED) is 0.205. The van der Waals surface area contributed by atoms with E-state index in [4.69, 9.17) is 71.1 Å². The first-order valence-electron chi connectivity index (χ1n) is 19.6. The second-order valence-corrected chi connectivity index (χ2v) is 18.2. The molecule has 1 N–H and O–H groups in total. The van der Waals surface area contributed by atoms with E-state index in [1.54, 1.807) is 55.4 Å². The van der Waals surface area contributed by atoms with Gasteiger partial charge in [-0.3, -0.25) is 9.59 Å². The van der Waals surface area contributed by atoms with Gasteiger partial charge in [-0.25, -0.2) is 9.59 Å². The van der Waals surface area contributed by atoms with Crippen molar-refractivity contribution in [2.45, 2.75) is 154 Å². The average Bonchev–Trinajstić information content (AvgIpc) is 3.85. The highest BCUT2D eigenvalue weighted by molar-refractivity contribution is 5.78. The lowest BCUT2D eigenvalue weighted by Gasteiger charge is -2.37. The molecule has 12 unspecified atom stereocenters. The predicted molar refractivity (Wildman–Crippen MR) is 193 cm³/mol. The van der Waals surface area contributed by atoms with Crippen molar-refractivity contribution in [1.82, 2.24) is 4.90 Å². The third kappa shape index (κ3) is 10.1. The first-order valence-corrected chi connectivity index (χ1v) is 19.6. The molecule has 0 aromatic heterocycles. The van der Waals surface area contributed by atoms with Crippen LogP contribution in [0, 0.1) is 10.8 Å². The number of hydrogen-bond donors (Lipinski definition) is 1. The molecule has 0 aromatic rings. The van der Waals surface area contributed by atoms with Crippen molar-refractivity contribution in [3.8, 4) is 0 Å². The number of nitrogens with zero attached hydrogens (tertiary/aromatic N) is 1. The molecule has 0 spiro atoms. The number of ether oxygens (including phenoxy) is 15. The minimum Gasteiger partial charge on any atom is -0.462 e. The molecule has 6 saturated heterocycles. The van der Waals surface area contributed by atoms with Crippen molar-refractivity contribution < 1.29 is 95.3 Å². The van der Waals surface area contributed by atoms with Crippen molar-refractivity contribution in [3.05, 3.63) is 0 Å². The lowest BCUT2D eigenvalue weighted by Crippen LogP contribution is -2.56. The van der Waals surface area contributed by atoms with Crippen LogP contribution in [0.2, 0.25) is 0 Å². The summed E-state index contributed by atoms with van der Waals surface area (Å²) in [6, 6.07) is 0. The Balaban J connectivity index is 1.04. The zero-order valence-corrected chi connectivity index (χ0v) is 35.7. The summed E-state index contributed by atoms with van der Waals surface area (Å²) in [6.07, 6.45) is -9.18. The summed E-state index contributed by atoms with van der Waals surface area (Å²) in [7, 11) is 2.90. The summed E-state index contributed by atoms with van der Waals surface area (Å²) in [5.74, 6) is -5.73. The van der Waals surface area contributed by atoms with Crippen LogP contribution in [0.1, 0.15) is 69.2 Å². The number of amides is 1. The highest BCUT2D eigenvalue weighted by atomic mass is 16.9. The van der Waals surface area contributed by atoms with Gasteiger partial charge in [0.15, 0.2) is 35.7 Å². The van der Waals surface area contributed by atoms with E-state index in [0.717, 1.165) is 4.90 Å². The molecule has 0 radical (unpaired) electrons. The van der Waals surface area contributed by atoms with Crippen LogP contribution in [0.5, 0.6) is 0 Å². The van der Waals surface area contributed by atoms with Gasteiger partial charge < -0.3 is 81.1 Å². The third-order valence-electron chi connectivity index (χ3n) is 10.5. The van der Waals surface area contributed by atoms with Crippen LogP contribution in [-0.2, 0) is 80.6 Å².